The van der Waals surface area contributed by atoms with Crippen molar-refractivity contribution in [2.75, 3.05) is 0 Å². The number of aliphatic hydroxyl groups is 2. The fraction of sp³-hybridized carbons (Fsp3) is 0.500. The van der Waals surface area contributed by atoms with Gasteiger partial charge in [-0.15, -0.1) is 11.3 Å². The number of hydrogen-bond acceptors (Lipinski definition) is 4. The molecule has 0 aliphatic rings. The Hall–Kier alpha value is -0.420. The third kappa shape index (κ3) is 1.84. The molecule has 0 aromatic carbocycles. The Balaban J connectivity index is 2.86. The van der Waals surface area contributed by atoms with Crippen LogP contribution in [-0.2, 0) is 6.61 Å². The van der Waals surface area contributed by atoms with Crippen LogP contribution in [0, 0.1) is 0 Å². The van der Waals surface area contributed by atoms with Gasteiger partial charge < -0.3 is 15.9 Å². The summed E-state index contributed by atoms with van der Waals surface area (Å²) in [7, 11) is 0. The Kier molecular flexibility index (Phi) is 3.22. The maximum absolute atomic E-state index is 9.21. The van der Waals surface area contributed by atoms with Crippen LogP contribution < -0.4 is 5.73 Å². The first-order chi connectivity index (χ1) is 5.66. The summed E-state index contributed by atoms with van der Waals surface area (Å²) < 4.78 is 0. The van der Waals surface area contributed by atoms with E-state index in [0.717, 1.165) is 10.4 Å². The maximum Gasteiger partial charge on any atom is 0.0777 e. The lowest BCUT2D eigenvalue weighted by molar-refractivity contribution is 0.163. The SMILES string of the molecule is C[C@@H](O)[C@@H](N)c1ccsc1CO. The monoisotopic (exact) mass is 187 g/mol. The molecule has 1 aromatic rings. The zero-order chi connectivity index (χ0) is 9.14. The van der Waals surface area contributed by atoms with Gasteiger partial charge in [-0.2, -0.15) is 0 Å². The Labute approximate surface area is 75.5 Å². The first-order valence-corrected chi connectivity index (χ1v) is 4.65. The van der Waals surface area contributed by atoms with Crippen molar-refractivity contribution in [1.82, 2.24) is 0 Å². The molecule has 0 saturated heterocycles. The zero-order valence-corrected chi connectivity index (χ0v) is 7.71. The highest BCUT2D eigenvalue weighted by Crippen LogP contribution is 2.23. The van der Waals surface area contributed by atoms with Crippen LogP contribution in [0.15, 0.2) is 11.4 Å². The van der Waals surface area contributed by atoms with Crippen LogP contribution in [0.1, 0.15) is 23.4 Å². The van der Waals surface area contributed by atoms with Crippen molar-refractivity contribution in [3.05, 3.63) is 21.9 Å². The van der Waals surface area contributed by atoms with Crippen LogP contribution in [0.4, 0.5) is 0 Å². The zero-order valence-electron chi connectivity index (χ0n) is 6.90. The topological polar surface area (TPSA) is 66.5 Å². The second-order valence-corrected chi connectivity index (χ2v) is 3.72. The summed E-state index contributed by atoms with van der Waals surface area (Å²) in [6.45, 7) is 1.64. The maximum atomic E-state index is 9.21. The number of thiophene rings is 1. The normalized spacial score (nSPS) is 16.0. The minimum atomic E-state index is -0.579. The summed E-state index contributed by atoms with van der Waals surface area (Å²) in [6.07, 6.45) is -0.579. The minimum Gasteiger partial charge on any atom is -0.391 e. The molecule has 4 N–H and O–H groups in total. The first kappa shape index (κ1) is 9.67. The number of rotatable bonds is 3. The van der Waals surface area contributed by atoms with E-state index in [-0.39, 0.29) is 6.61 Å². The lowest BCUT2D eigenvalue weighted by Crippen LogP contribution is -2.23. The van der Waals surface area contributed by atoms with E-state index in [0.29, 0.717) is 0 Å². The van der Waals surface area contributed by atoms with Gasteiger partial charge in [0.1, 0.15) is 0 Å². The quantitative estimate of drug-likeness (QED) is 0.650. The molecule has 0 spiro atoms. The first-order valence-electron chi connectivity index (χ1n) is 3.77. The summed E-state index contributed by atoms with van der Waals surface area (Å²) in [5.41, 5.74) is 6.55. The van der Waals surface area contributed by atoms with Crippen LogP contribution in [0.5, 0.6) is 0 Å². The highest BCUT2D eigenvalue weighted by atomic mass is 32.1. The summed E-state index contributed by atoms with van der Waals surface area (Å²) in [4.78, 5) is 0.836. The van der Waals surface area contributed by atoms with E-state index in [4.69, 9.17) is 10.8 Å². The predicted octanol–water partition coefficient (Wildman–Crippen LogP) is 0.621. The predicted molar refractivity (Wildman–Crippen MR) is 48.9 cm³/mol. The summed E-state index contributed by atoms with van der Waals surface area (Å²) in [5, 5.41) is 20.0. The van der Waals surface area contributed by atoms with Gasteiger partial charge in [-0.1, -0.05) is 0 Å². The smallest absolute Gasteiger partial charge is 0.0777 e. The molecule has 68 valence electrons. The Bertz CT molecular complexity index is 247. The van der Waals surface area contributed by atoms with E-state index in [1.807, 2.05) is 11.4 Å². The Morgan fingerprint density at radius 2 is 2.33 bits per heavy atom. The van der Waals surface area contributed by atoms with Gasteiger partial charge >= 0.3 is 0 Å². The van der Waals surface area contributed by atoms with E-state index < -0.39 is 12.1 Å². The summed E-state index contributed by atoms with van der Waals surface area (Å²) >= 11 is 1.45. The molecule has 0 saturated carbocycles. The van der Waals surface area contributed by atoms with Crippen LogP contribution in [0.2, 0.25) is 0 Å². The van der Waals surface area contributed by atoms with Crippen LogP contribution >= 0.6 is 11.3 Å². The number of nitrogens with two attached hydrogens (primary N) is 1. The number of aliphatic hydroxyl groups excluding tert-OH is 2. The van der Waals surface area contributed by atoms with E-state index >= 15 is 0 Å². The van der Waals surface area contributed by atoms with Gasteiger partial charge in [0.2, 0.25) is 0 Å². The average Bonchev–Trinajstić information content (AvgIpc) is 2.49. The highest BCUT2D eigenvalue weighted by Gasteiger charge is 2.15. The molecule has 0 radical (unpaired) electrons. The molecule has 0 aliphatic heterocycles. The van der Waals surface area contributed by atoms with Crippen molar-refractivity contribution in [3.8, 4) is 0 Å². The molecule has 3 nitrogen and oxygen atoms in total. The van der Waals surface area contributed by atoms with Crippen LogP contribution in [-0.4, -0.2) is 16.3 Å². The summed E-state index contributed by atoms with van der Waals surface area (Å²) in [6, 6.07) is 1.45. The highest BCUT2D eigenvalue weighted by molar-refractivity contribution is 7.10. The molecular formula is C8H13NO2S. The molecule has 1 rings (SSSR count). The Morgan fingerprint density at radius 3 is 2.83 bits per heavy atom. The fourth-order valence-electron chi connectivity index (χ4n) is 1.04. The standard InChI is InChI=1S/C8H13NO2S/c1-5(11)8(9)6-2-3-12-7(6)4-10/h2-3,5,8,10-11H,4,9H2,1H3/t5-,8-/m1/s1. The lowest BCUT2D eigenvalue weighted by atomic mass is 10.0. The molecule has 0 aliphatic carbocycles. The third-order valence-corrected chi connectivity index (χ3v) is 2.72. The Morgan fingerprint density at radius 1 is 1.67 bits per heavy atom. The van der Waals surface area contributed by atoms with Crippen LogP contribution in [0.25, 0.3) is 0 Å². The molecule has 1 heterocycles. The molecule has 0 unspecified atom stereocenters. The van der Waals surface area contributed by atoms with Crippen molar-refractivity contribution in [2.45, 2.75) is 25.7 Å². The molecule has 0 fully saturated rings. The van der Waals surface area contributed by atoms with Gasteiger partial charge in [-0.3, -0.25) is 0 Å². The van der Waals surface area contributed by atoms with Gasteiger partial charge in [0.05, 0.1) is 18.8 Å². The van der Waals surface area contributed by atoms with Gasteiger partial charge in [-0.25, -0.2) is 0 Å². The molecule has 1 aromatic heterocycles. The summed E-state index contributed by atoms with van der Waals surface area (Å²) in [5.74, 6) is 0. The van der Waals surface area contributed by atoms with Crippen LogP contribution in [0.3, 0.4) is 0 Å². The second kappa shape index (κ2) is 4.00. The van der Waals surface area contributed by atoms with Gasteiger partial charge in [0, 0.05) is 4.88 Å². The molecule has 2 atom stereocenters. The van der Waals surface area contributed by atoms with E-state index in [1.165, 1.54) is 11.3 Å². The average molecular weight is 187 g/mol. The molecule has 4 heteroatoms. The van der Waals surface area contributed by atoms with E-state index in [9.17, 15) is 5.11 Å². The van der Waals surface area contributed by atoms with Crippen molar-refractivity contribution in [3.63, 3.8) is 0 Å². The molecular weight excluding hydrogens is 174 g/mol. The molecule has 0 amide bonds. The fourth-order valence-corrected chi connectivity index (χ4v) is 1.83. The molecule has 0 bridgehead atoms. The largest absolute Gasteiger partial charge is 0.391 e. The second-order valence-electron chi connectivity index (χ2n) is 2.72. The van der Waals surface area contributed by atoms with Crippen molar-refractivity contribution in [2.24, 2.45) is 5.73 Å². The van der Waals surface area contributed by atoms with Gasteiger partial charge in [0.25, 0.3) is 0 Å². The third-order valence-electron chi connectivity index (χ3n) is 1.80. The van der Waals surface area contributed by atoms with Gasteiger partial charge in [0.15, 0.2) is 0 Å². The number of hydrogen-bond donors (Lipinski definition) is 3. The van der Waals surface area contributed by atoms with Crippen molar-refractivity contribution >= 4 is 11.3 Å². The lowest BCUT2D eigenvalue weighted by Gasteiger charge is -2.14. The van der Waals surface area contributed by atoms with E-state index in [1.54, 1.807) is 6.92 Å². The van der Waals surface area contributed by atoms with Crippen molar-refractivity contribution < 1.29 is 10.2 Å². The minimum absolute atomic E-state index is 0.00653. The van der Waals surface area contributed by atoms with Crippen molar-refractivity contribution in [1.29, 1.82) is 0 Å². The van der Waals surface area contributed by atoms with E-state index in [2.05, 4.69) is 0 Å². The molecule has 12 heavy (non-hydrogen) atoms. The van der Waals surface area contributed by atoms with Gasteiger partial charge in [-0.05, 0) is 23.9 Å².